The van der Waals surface area contributed by atoms with Crippen LogP contribution in [0.3, 0.4) is 0 Å². The zero-order chi connectivity index (χ0) is 11.4. The molecule has 2 aromatic heterocycles. The second-order valence-corrected chi connectivity index (χ2v) is 3.84. The van der Waals surface area contributed by atoms with Gasteiger partial charge in [-0.15, -0.1) is 0 Å². The fourth-order valence-electron chi connectivity index (χ4n) is 1.48. The van der Waals surface area contributed by atoms with Crippen LogP contribution in [0.2, 0.25) is 0 Å². The topological polar surface area (TPSA) is 37.8 Å². The Morgan fingerprint density at radius 2 is 2.00 bits per heavy atom. The van der Waals surface area contributed by atoms with Gasteiger partial charge in [0.2, 0.25) is 0 Å². The van der Waals surface area contributed by atoms with Gasteiger partial charge in [0.1, 0.15) is 5.82 Å². The van der Waals surface area contributed by atoms with Crippen LogP contribution in [0.25, 0.3) is 0 Å². The van der Waals surface area contributed by atoms with E-state index in [0.717, 1.165) is 17.1 Å². The smallest absolute Gasteiger partial charge is 0.126 e. The molecule has 0 aromatic carbocycles. The molecule has 16 heavy (non-hydrogen) atoms. The fraction of sp³-hybridized carbons (Fsp3) is 0.231. The molecule has 1 N–H and O–H groups in total. The second kappa shape index (κ2) is 4.75. The highest BCUT2D eigenvalue weighted by Gasteiger charge is 2.05. The summed E-state index contributed by atoms with van der Waals surface area (Å²) in [5, 5.41) is 3.31. The molecule has 0 saturated carbocycles. The third-order valence-electron chi connectivity index (χ3n) is 2.41. The molecule has 0 amide bonds. The second-order valence-electron chi connectivity index (χ2n) is 3.84. The minimum Gasteiger partial charge on any atom is -0.362 e. The van der Waals surface area contributed by atoms with Crippen LogP contribution in [0.15, 0.2) is 42.7 Å². The molecule has 0 aliphatic heterocycles. The van der Waals surface area contributed by atoms with Crippen LogP contribution in [-0.4, -0.2) is 9.97 Å². The SMILES string of the molecule is Cc1ccc(NC(C)c2ccccn2)nc1. The highest BCUT2D eigenvalue weighted by molar-refractivity contribution is 5.37. The Labute approximate surface area is 95.6 Å². The van der Waals surface area contributed by atoms with Crippen LogP contribution in [-0.2, 0) is 0 Å². The first-order valence-corrected chi connectivity index (χ1v) is 5.36. The Morgan fingerprint density at radius 3 is 2.62 bits per heavy atom. The highest BCUT2D eigenvalue weighted by atomic mass is 15.0. The maximum Gasteiger partial charge on any atom is 0.126 e. The van der Waals surface area contributed by atoms with Crippen molar-refractivity contribution in [3.63, 3.8) is 0 Å². The molecule has 2 rings (SSSR count). The van der Waals surface area contributed by atoms with Crippen molar-refractivity contribution in [2.75, 3.05) is 5.32 Å². The Kier molecular flexibility index (Phi) is 3.15. The average Bonchev–Trinajstić information content (AvgIpc) is 2.33. The number of anilines is 1. The van der Waals surface area contributed by atoms with Gasteiger partial charge >= 0.3 is 0 Å². The Balaban J connectivity index is 2.08. The predicted octanol–water partition coefficient (Wildman–Crippen LogP) is 2.96. The van der Waals surface area contributed by atoms with E-state index >= 15 is 0 Å². The number of hydrogen-bond acceptors (Lipinski definition) is 3. The minimum atomic E-state index is 0.163. The van der Waals surface area contributed by atoms with Crippen molar-refractivity contribution in [2.24, 2.45) is 0 Å². The molecular weight excluding hydrogens is 198 g/mol. The number of nitrogens with one attached hydrogen (secondary N) is 1. The van der Waals surface area contributed by atoms with Crippen molar-refractivity contribution in [1.29, 1.82) is 0 Å². The molecule has 2 heterocycles. The van der Waals surface area contributed by atoms with E-state index in [2.05, 4.69) is 22.2 Å². The van der Waals surface area contributed by atoms with Crippen LogP contribution in [0.1, 0.15) is 24.2 Å². The van der Waals surface area contributed by atoms with E-state index in [-0.39, 0.29) is 6.04 Å². The summed E-state index contributed by atoms with van der Waals surface area (Å²) in [4.78, 5) is 8.61. The molecule has 0 saturated heterocycles. The number of aryl methyl sites for hydroxylation is 1. The molecule has 3 heteroatoms. The van der Waals surface area contributed by atoms with Gasteiger partial charge in [-0.05, 0) is 37.6 Å². The summed E-state index contributed by atoms with van der Waals surface area (Å²) in [6, 6.07) is 10.1. The van der Waals surface area contributed by atoms with Gasteiger partial charge in [0.25, 0.3) is 0 Å². The van der Waals surface area contributed by atoms with E-state index in [1.54, 1.807) is 6.20 Å². The number of pyridine rings is 2. The molecule has 0 aliphatic rings. The van der Waals surface area contributed by atoms with Crippen molar-refractivity contribution in [2.45, 2.75) is 19.9 Å². The lowest BCUT2D eigenvalue weighted by Crippen LogP contribution is -2.09. The van der Waals surface area contributed by atoms with E-state index in [1.807, 2.05) is 43.5 Å². The summed E-state index contributed by atoms with van der Waals surface area (Å²) in [5.74, 6) is 0.878. The Bertz CT molecular complexity index is 436. The van der Waals surface area contributed by atoms with Gasteiger partial charge in [-0.25, -0.2) is 4.98 Å². The maximum atomic E-state index is 4.30. The highest BCUT2D eigenvalue weighted by Crippen LogP contribution is 2.15. The quantitative estimate of drug-likeness (QED) is 0.851. The van der Waals surface area contributed by atoms with E-state index in [9.17, 15) is 0 Å². The molecule has 0 spiro atoms. The molecule has 1 unspecified atom stereocenters. The van der Waals surface area contributed by atoms with Crippen molar-refractivity contribution < 1.29 is 0 Å². The third-order valence-corrected chi connectivity index (χ3v) is 2.41. The monoisotopic (exact) mass is 213 g/mol. The van der Waals surface area contributed by atoms with Gasteiger partial charge in [-0.1, -0.05) is 12.1 Å². The van der Waals surface area contributed by atoms with Gasteiger partial charge < -0.3 is 5.32 Å². The van der Waals surface area contributed by atoms with E-state index in [1.165, 1.54) is 0 Å². The van der Waals surface area contributed by atoms with Crippen LogP contribution in [0, 0.1) is 6.92 Å². The molecular formula is C13H15N3. The maximum absolute atomic E-state index is 4.30. The lowest BCUT2D eigenvalue weighted by molar-refractivity contribution is 0.831. The normalized spacial score (nSPS) is 12.1. The van der Waals surface area contributed by atoms with Gasteiger partial charge in [-0.3, -0.25) is 4.98 Å². The summed E-state index contributed by atoms with van der Waals surface area (Å²) in [7, 11) is 0. The molecule has 1 atom stereocenters. The van der Waals surface area contributed by atoms with Crippen LogP contribution >= 0.6 is 0 Å². The van der Waals surface area contributed by atoms with Crippen LogP contribution in [0.5, 0.6) is 0 Å². The van der Waals surface area contributed by atoms with Gasteiger partial charge in [0.05, 0.1) is 11.7 Å². The summed E-state index contributed by atoms with van der Waals surface area (Å²) in [6.07, 6.45) is 3.66. The Morgan fingerprint density at radius 1 is 1.12 bits per heavy atom. The third kappa shape index (κ3) is 2.57. The molecule has 0 radical (unpaired) electrons. The number of nitrogens with zero attached hydrogens (tertiary/aromatic N) is 2. The summed E-state index contributed by atoms with van der Waals surface area (Å²) < 4.78 is 0. The zero-order valence-electron chi connectivity index (χ0n) is 9.51. The predicted molar refractivity (Wildman–Crippen MR) is 65.2 cm³/mol. The van der Waals surface area contributed by atoms with Crippen molar-refractivity contribution in [1.82, 2.24) is 9.97 Å². The van der Waals surface area contributed by atoms with Crippen molar-refractivity contribution >= 4 is 5.82 Å². The summed E-state index contributed by atoms with van der Waals surface area (Å²) in [5.41, 5.74) is 2.18. The first-order chi connectivity index (χ1) is 7.75. The molecule has 0 aliphatic carbocycles. The molecule has 3 nitrogen and oxygen atoms in total. The first kappa shape index (κ1) is 10.6. The standard InChI is InChI=1S/C13H15N3/c1-10-6-7-13(15-9-10)16-11(2)12-5-3-4-8-14-12/h3-9,11H,1-2H3,(H,15,16). The summed E-state index contributed by atoms with van der Waals surface area (Å²) >= 11 is 0. The fourth-order valence-corrected chi connectivity index (χ4v) is 1.48. The van der Waals surface area contributed by atoms with Crippen LogP contribution < -0.4 is 5.32 Å². The van der Waals surface area contributed by atoms with E-state index < -0.39 is 0 Å². The van der Waals surface area contributed by atoms with Crippen molar-refractivity contribution in [3.8, 4) is 0 Å². The number of aromatic nitrogens is 2. The minimum absolute atomic E-state index is 0.163. The van der Waals surface area contributed by atoms with Gasteiger partial charge in [-0.2, -0.15) is 0 Å². The number of hydrogen-bond donors (Lipinski definition) is 1. The van der Waals surface area contributed by atoms with E-state index in [4.69, 9.17) is 0 Å². The number of rotatable bonds is 3. The molecule has 0 bridgehead atoms. The molecule has 2 aromatic rings. The summed E-state index contributed by atoms with van der Waals surface area (Å²) in [6.45, 7) is 4.10. The van der Waals surface area contributed by atoms with E-state index in [0.29, 0.717) is 0 Å². The van der Waals surface area contributed by atoms with Crippen LogP contribution in [0.4, 0.5) is 5.82 Å². The average molecular weight is 213 g/mol. The molecule has 0 fully saturated rings. The van der Waals surface area contributed by atoms with Gasteiger partial charge in [0, 0.05) is 12.4 Å². The lowest BCUT2D eigenvalue weighted by atomic mass is 10.2. The largest absolute Gasteiger partial charge is 0.362 e. The zero-order valence-corrected chi connectivity index (χ0v) is 9.51. The first-order valence-electron chi connectivity index (χ1n) is 5.36. The molecule has 82 valence electrons. The van der Waals surface area contributed by atoms with Gasteiger partial charge in [0.15, 0.2) is 0 Å². The van der Waals surface area contributed by atoms with Crippen molar-refractivity contribution in [3.05, 3.63) is 54.0 Å². The lowest BCUT2D eigenvalue weighted by Gasteiger charge is -2.13. The Hall–Kier alpha value is -1.90.